The van der Waals surface area contributed by atoms with E-state index in [1.807, 2.05) is 32.0 Å². The Hall–Kier alpha value is -1.39. The number of aliphatic hydroxyl groups is 1. The van der Waals surface area contributed by atoms with Gasteiger partial charge in [-0.15, -0.1) is 0 Å². The molecule has 0 unspecified atom stereocenters. The molecule has 1 amide bonds. The van der Waals surface area contributed by atoms with Crippen molar-refractivity contribution in [2.75, 3.05) is 19.6 Å². The fourth-order valence-corrected chi connectivity index (χ4v) is 2.39. The van der Waals surface area contributed by atoms with Gasteiger partial charge in [0.05, 0.1) is 5.60 Å². The molecular formula is C15H22N2O2. The van der Waals surface area contributed by atoms with Gasteiger partial charge in [0.25, 0.3) is 5.91 Å². The molecule has 1 aliphatic rings. The predicted octanol–water partition coefficient (Wildman–Crippen LogP) is 1.23. The lowest BCUT2D eigenvalue weighted by Crippen LogP contribution is -2.50. The molecule has 1 aliphatic heterocycles. The summed E-state index contributed by atoms with van der Waals surface area (Å²) in [5.74, 6) is 0.0437. The number of benzene rings is 1. The highest BCUT2D eigenvalue weighted by Crippen LogP contribution is 2.22. The van der Waals surface area contributed by atoms with E-state index in [4.69, 9.17) is 5.73 Å². The van der Waals surface area contributed by atoms with Crippen molar-refractivity contribution in [3.05, 3.63) is 34.9 Å². The molecule has 2 rings (SSSR count). The van der Waals surface area contributed by atoms with Gasteiger partial charge in [0, 0.05) is 25.2 Å². The van der Waals surface area contributed by atoms with E-state index in [0.717, 1.165) is 11.1 Å². The lowest BCUT2D eigenvalue weighted by molar-refractivity contribution is -0.00951. The lowest BCUT2D eigenvalue weighted by atomic mass is 9.91. The zero-order valence-electron chi connectivity index (χ0n) is 11.6. The number of piperidine rings is 1. The second-order valence-corrected chi connectivity index (χ2v) is 5.52. The van der Waals surface area contributed by atoms with Crippen molar-refractivity contribution in [2.45, 2.75) is 32.3 Å². The summed E-state index contributed by atoms with van der Waals surface area (Å²) in [6, 6.07) is 5.78. The zero-order chi connectivity index (χ0) is 14.0. The Morgan fingerprint density at radius 3 is 2.47 bits per heavy atom. The number of hydrogen-bond donors (Lipinski definition) is 2. The molecule has 19 heavy (non-hydrogen) atoms. The molecule has 3 N–H and O–H groups in total. The van der Waals surface area contributed by atoms with Gasteiger partial charge in [-0.3, -0.25) is 4.79 Å². The van der Waals surface area contributed by atoms with E-state index >= 15 is 0 Å². The first-order chi connectivity index (χ1) is 8.95. The van der Waals surface area contributed by atoms with Crippen LogP contribution in [0.2, 0.25) is 0 Å². The van der Waals surface area contributed by atoms with Crippen LogP contribution in [0.4, 0.5) is 0 Å². The molecule has 4 heteroatoms. The van der Waals surface area contributed by atoms with Crippen LogP contribution in [0.1, 0.15) is 34.3 Å². The van der Waals surface area contributed by atoms with E-state index < -0.39 is 5.60 Å². The van der Waals surface area contributed by atoms with Crippen molar-refractivity contribution in [1.82, 2.24) is 4.90 Å². The molecular weight excluding hydrogens is 240 g/mol. The van der Waals surface area contributed by atoms with Gasteiger partial charge < -0.3 is 15.7 Å². The first-order valence-corrected chi connectivity index (χ1v) is 6.74. The summed E-state index contributed by atoms with van der Waals surface area (Å²) in [4.78, 5) is 14.2. The van der Waals surface area contributed by atoms with Gasteiger partial charge >= 0.3 is 0 Å². The number of carbonyl (C=O) groups excluding carboxylic acids is 1. The van der Waals surface area contributed by atoms with E-state index in [0.29, 0.717) is 25.9 Å². The second-order valence-electron chi connectivity index (χ2n) is 5.52. The van der Waals surface area contributed by atoms with Crippen LogP contribution in [0.25, 0.3) is 0 Å². The number of likely N-dealkylation sites (tertiary alicyclic amines) is 1. The molecule has 1 saturated heterocycles. The molecule has 0 spiro atoms. The molecule has 4 nitrogen and oxygen atoms in total. The van der Waals surface area contributed by atoms with Crippen molar-refractivity contribution >= 4 is 5.91 Å². The number of hydrogen-bond acceptors (Lipinski definition) is 3. The fourth-order valence-electron chi connectivity index (χ4n) is 2.39. The minimum atomic E-state index is -0.792. The van der Waals surface area contributed by atoms with Gasteiger partial charge in [-0.1, -0.05) is 6.07 Å². The van der Waals surface area contributed by atoms with Crippen molar-refractivity contribution in [3.63, 3.8) is 0 Å². The lowest BCUT2D eigenvalue weighted by Gasteiger charge is -2.37. The smallest absolute Gasteiger partial charge is 0.253 e. The Labute approximate surface area is 114 Å². The topological polar surface area (TPSA) is 66.6 Å². The van der Waals surface area contributed by atoms with Crippen LogP contribution < -0.4 is 5.73 Å². The zero-order valence-corrected chi connectivity index (χ0v) is 11.6. The van der Waals surface area contributed by atoms with Crippen LogP contribution >= 0.6 is 0 Å². The summed E-state index contributed by atoms with van der Waals surface area (Å²) in [5, 5.41) is 10.1. The summed E-state index contributed by atoms with van der Waals surface area (Å²) in [6.07, 6.45) is 1.11. The Balaban J connectivity index is 2.07. The molecule has 1 aromatic rings. The minimum Gasteiger partial charge on any atom is -0.388 e. The monoisotopic (exact) mass is 262 g/mol. The van der Waals surface area contributed by atoms with Gasteiger partial charge in [0.2, 0.25) is 0 Å². The third-order valence-electron chi connectivity index (χ3n) is 4.12. The molecule has 0 bridgehead atoms. The van der Waals surface area contributed by atoms with E-state index in [1.54, 1.807) is 4.90 Å². The summed E-state index contributed by atoms with van der Waals surface area (Å²) >= 11 is 0. The molecule has 1 fully saturated rings. The highest BCUT2D eigenvalue weighted by atomic mass is 16.3. The summed E-state index contributed by atoms with van der Waals surface area (Å²) in [6.45, 7) is 5.44. The molecule has 0 aliphatic carbocycles. The second kappa shape index (κ2) is 5.31. The Kier molecular flexibility index (Phi) is 3.92. The van der Waals surface area contributed by atoms with Crippen LogP contribution in [-0.4, -0.2) is 41.1 Å². The van der Waals surface area contributed by atoms with Crippen LogP contribution in [0.5, 0.6) is 0 Å². The number of amides is 1. The number of rotatable bonds is 2. The first kappa shape index (κ1) is 14.0. The van der Waals surface area contributed by atoms with Crippen molar-refractivity contribution in [3.8, 4) is 0 Å². The van der Waals surface area contributed by atoms with Crippen LogP contribution in [0.15, 0.2) is 18.2 Å². The maximum atomic E-state index is 12.4. The van der Waals surface area contributed by atoms with Crippen LogP contribution in [0, 0.1) is 13.8 Å². The van der Waals surface area contributed by atoms with Crippen LogP contribution in [0.3, 0.4) is 0 Å². The molecule has 1 heterocycles. The average Bonchev–Trinajstić information content (AvgIpc) is 2.42. The summed E-state index contributed by atoms with van der Waals surface area (Å²) < 4.78 is 0. The van der Waals surface area contributed by atoms with E-state index in [2.05, 4.69) is 0 Å². The molecule has 0 saturated carbocycles. The number of aryl methyl sites for hydroxylation is 2. The average molecular weight is 262 g/mol. The highest BCUT2D eigenvalue weighted by Gasteiger charge is 2.32. The van der Waals surface area contributed by atoms with Crippen LogP contribution in [-0.2, 0) is 0 Å². The third-order valence-corrected chi connectivity index (χ3v) is 4.12. The van der Waals surface area contributed by atoms with E-state index in [-0.39, 0.29) is 12.5 Å². The van der Waals surface area contributed by atoms with Crippen molar-refractivity contribution in [1.29, 1.82) is 0 Å². The predicted molar refractivity (Wildman–Crippen MR) is 75.1 cm³/mol. The molecule has 0 aromatic heterocycles. The SMILES string of the molecule is Cc1ccc(C(=O)N2CCC(O)(CN)CC2)cc1C. The third kappa shape index (κ3) is 2.96. The molecule has 1 aromatic carbocycles. The summed E-state index contributed by atoms with van der Waals surface area (Å²) in [7, 11) is 0. The number of nitrogens with zero attached hydrogens (tertiary/aromatic N) is 1. The molecule has 0 radical (unpaired) electrons. The Morgan fingerprint density at radius 1 is 1.32 bits per heavy atom. The van der Waals surface area contributed by atoms with Gasteiger partial charge in [-0.25, -0.2) is 0 Å². The fraction of sp³-hybridized carbons (Fsp3) is 0.533. The maximum Gasteiger partial charge on any atom is 0.253 e. The van der Waals surface area contributed by atoms with Gasteiger partial charge in [-0.2, -0.15) is 0 Å². The maximum absolute atomic E-state index is 12.4. The number of carbonyl (C=O) groups is 1. The first-order valence-electron chi connectivity index (χ1n) is 6.74. The molecule has 104 valence electrons. The van der Waals surface area contributed by atoms with Crippen molar-refractivity contribution in [2.24, 2.45) is 5.73 Å². The highest BCUT2D eigenvalue weighted by molar-refractivity contribution is 5.94. The minimum absolute atomic E-state index is 0.0437. The summed E-state index contributed by atoms with van der Waals surface area (Å²) in [5.41, 5.74) is 7.80. The quantitative estimate of drug-likeness (QED) is 0.842. The molecule has 0 atom stereocenters. The van der Waals surface area contributed by atoms with Gasteiger partial charge in [0.1, 0.15) is 0 Å². The van der Waals surface area contributed by atoms with Crippen molar-refractivity contribution < 1.29 is 9.90 Å². The largest absolute Gasteiger partial charge is 0.388 e. The van der Waals surface area contributed by atoms with E-state index in [9.17, 15) is 9.90 Å². The standard InChI is InChI=1S/C15H22N2O2/c1-11-3-4-13(9-12(11)2)14(18)17-7-5-15(19,10-16)6-8-17/h3-4,9,19H,5-8,10,16H2,1-2H3. The normalized spacial score (nSPS) is 18.4. The van der Waals surface area contributed by atoms with Gasteiger partial charge in [0.15, 0.2) is 0 Å². The Morgan fingerprint density at radius 2 is 1.95 bits per heavy atom. The number of nitrogens with two attached hydrogens (primary N) is 1. The Bertz CT molecular complexity index is 477. The van der Waals surface area contributed by atoms with Gasteiger partial charge in [-0.05, 0) is 49.9 Å². The van der Waals surface area contributed by atoms with E-state index in [1.165, 1.54) is 5.56 Å².